The van der Waals surface area contributed by atoms with Gasteiger partial charge in [0.2, 0.25) is 11.8 Å². The third kappa shape index (κ3) is 4.08. The van der Waals surface area contributed by atoms with Gasteiger partial charge in [0, 0.05) is 19.2 Å². The van der Waals surface area contributed by atoms with Crippen LogP contribution in [-0.4, -0.2) is 55.3 Å². The van der Waals surface area contributed by atoms with Gasteiger partial charge in [-0.15, -0.1) is 0 Å². The minimum atomic E-state index is -0.430. The number of likely N-dealkylation sites (N-methyl/N-ethyl adjacent to an activating group) is 1. The summed E-state index contributed by atoms with van der Waals surface area (Å²) in [5.41, 5.74) is 3.00. The molecule has 0 radical (unpaired) electrons. The maximum absolute atomic E-state index is 12.7. The number of carbonyl (C=O) groups is 3. The summed E-state index contributed by atoms with van der Waals surface area (Å²) in [7, 11) is 4.76. The average Bonchev–Trinajstić information content (AvgIpc) is 2.71. The Morgan fingerprint density at radius 2 is 1.76 bits per heavy atom. The van der Waals surface area contributed by atoms with Crippen molar-refractivity contribution in [1.82, 2.24) is 9.80 Å². The van der Waals surface area contributed by atoms with E-state index in [1.807, 2.05) is 19.1 Å². The first-order valence-electron chi connectivity index (χ1n) is 9.23. The Kier molecular flexibility index (Phi) is 5.87. The van der Waals surface area contributed by atoms with Gasteiger partial charge in [0.15, 0.2) is 11.5 Å². The number of ether oxygens (including phenoxy) is 2. The molecule has 1 heterocycles. The molecular weight excluding hydrogens is 372 g/mol. The van der Waals surface area contributed by atoms with Crippen LogP contribution >= 0.6 is 0 Å². The quantitative estimate of drug-likeness (QED) is 0.700. The number of hydrogen-bond donors (Lipinski definition) is 0. The number of benzene rings is 2. The third-order valence-corrected chi connectivity index (χ3v) is 5.10. The third-order valence-electron chi connectivity index (χ3n) is 5.10. The molecule has 0 bridgehead atoms. The minimum absolute atomic E-state index is 0.119. The topological polar surface area (TPSA) is 76.2 Å². The average molecular weight is 396 g/mol. The zero-order chi connectivity index (χ0) is 21.1. The summed E-state index contributed by atoms with van der Waals surface area (Å²) >= 11 is 0. The Hall–Kier alpha value is -3.35. The number of imide groups is 1. The molecule has 152 valence electrons. The molecule has 0 aromatic heterocycles. The van der Waals surface area contributed by atoms with Crippen LogP contribution in [0.15, 0.2) is 36.4 Å². The second kappa shape index (κ2) is 8.34. The molecule has 2 aromatic rings. The number of rotatable bonds is 6. The monoisotopic (exact) mass is 396 g/mol. The van der Waals surface area contributed by atoms with Gasteiger partial charge in [-0.1, -0.05) is 18.2 Å². The largest absolute Gasteiger partial charge is 0.493 e. The van der Waals surface area contributed by atoms with E-state index in [1.165, 1.54) is 4.90 Å². The molecule has 1 aliphatic rings. The predicted molar refractivity (Wildman–Crippen MR) is 107 cm³/mol. The highest BCUT2D eigenvalue weighted by molar-refractivity contribution is 6.11. The van der Waals surface area contributed by atoms with Gasteiger partial charge in [-0.25, -0.2) is 0 Å². The van der Waals surface area contributed by atoms with Gasteiger partial charge in [0.05, 0.1) is 20.6 Å². The van der Waals surface area contributed by atoms with Crippen molar-refractivity contribution in [3.63, 3.8) is 0 Å². The first-order chi connectivity index (χ1) is 13.8. The lowest BCUT2D eigenvalue weighted by Gasteiger charge is -2.28. The van der Waals surface area contributed by atoms with Gasteiger partial charge in [0.1, 0.15) is 6.54 Å². The molecule has 0 aliphatic carbocycles. The lowest BCUT2D eigenvalue weighted by atomic mass is 9.98. The van der Waals surface area contributed by atoms with Gasteiger partial charge < -0.3 is 14.4 Å². The zero-order valence-corrected chi connectivity index (χ0v) is 17.0. The van der Waals surface area contributed by atoms with Gasteiger partial charge in [-0.05, 0) is 41.8 Å². The highest BCUT2D eigenvalue weighted by Crippen LogP contribution is 2.30. The number of carbonyl (C=O) groups excluding carboxylic acids is 3. The molecule has 29 heavy (non-hydrogen) atoms. The molecule has 0 atom stereocenters. The molecule has 3 rings (SSSR count). The zero-order valence-electron chi connectivity index (χ0n) is 17.0. The van der Waals surface area contributed by atoms with Crippen LogP contribution in [0.3, 0.4) is 0 Å². The Balaban J connectivity index is 1.73. The van der Waals surface area contributed by atoms with E-state index in [9.17, 15) is 14.4 Å². The van der Waals surface area contributed by atoms with E-state index >= 15 is 0 Å². The van der Waals surface area contributed by atoms with Crippen molar-refractivity contribution in [2.45, 2.75) is 19.9 Å². The van der Waals surface area contributed by atoms with Crippen LogP contribution in [0.5, 0.6) is 11.5 Å². The van der Waals surface area contributed by atoms with E-state index in [-0.39, 0.29) is 24.8 Å². The summed E-state index contributed by atoms with van der Waals surface area (Å²) in [5, 5.41) is 0. The van der Waals surface area contributed by atoms with Gasteiger partial charge in [-0.3, -0.25) is 19.3 Å². The number of fused-ring (bicyclic) bond motifs is 1. The van der Waals surface area contributed by atoms with Crippen LogP contribution in [0.25, 0.3) is 0 Å². The SMILES string of the molecule is COc1cc(C)c(CN(C)C(=O)CN2C(=O)Cc3ccccc3C2=O)cc1OC. The fourth-order valence-corrected chi connectivity index (χ4v) is 3.35. The van der Waals surface area contributed by atoms with Crippen LogP contribution in [-0.2, 0) is 22.6 Å². The molecule has 0 unspecified atom stereocenters. The molecule has 7 heteroatoms. The van der Waals surface area contributed by atoms with Gasteiger partial charge in [-0.2, -0.15) is 0 Å². The Labute approximate surface area is 169 Å². The van der Waals surface area contributed by atoms with E-state index in [4.69, 9.17) is 9.47 Å². The molecule has 7 nitrogen and oxygen atoms in total. The van der Waals surface area contributed by atoms with Crippen molar-refractivity contribution in [2.75, 3.05) is 27.8 Å². The number of methoxy groups -OCH3 is 2. The molecule has 0 saturated heterocycles. The first-order valence-corrected chi connectivity index (χ1v) is 9.23. The van der Waals surface area contributed by atoms with E-state index in [2.05, 4.69) is 0 Å². The summed E-state index contributed by atoms with van der Waals surface area (Å²) in [4.78, 5) is 40.3. The summed E-state index contributed by atoms with van der Waals surface area (Å²) in [5.74, 6) is 0.0803. The first kappa shape index (κ1) is 20.4. The fourth-order valence-electron chi connectivity index (χ4n) is 3.35. The molecule has 0 fully saturated rings. The van der Waals surface area contributed by atoms with Gasteiger partial charge >= 0.3 is 0 Å². The molecule has 0 N–H and O–H groups in total. The summed E-state index contributed by atoms with van der Waals surface area (Å²) < 4.78 is 10.6. The summed E-state index contributed by atoms with van der Waals surface area (Å²) in [6.45, 7) is 1.96. The van der Waals surface area contributed by atoms with Crippen molar-refractivity contribution < 1.29 is 23.9 Å². The van der Waals surface area contributed by atoms with E-state index in [0.29, 0.717) is 29.2 Å². The second-order valence-electron chi connectivity index (χ2n) is 7.00. The Morgan fingerprint density at radius 3 is 2.45 bits per heavy atom. The smallest absolute Gasteiger partial charge is 0.261 e. The van der Waals surface area contributed by atoms with E-state index < -0.39 is 5.91 Å². The summed E-state index contributed by atoms with van der Waals surface area (Å²) in [6.07, 6.45) is 0.119. The van der Waals surface area contributed by atoms with Crippen LogP contribution in [0.4, 0.5) is 0 Å². The van der Waals surface area contributed by atoms with Crippen molar-refractivity contribution in [1.29, 1.82) is 0 Å². The summed E-state index contributed by atoms with van der Waals surface area (Å²) in [6, 6.07) is 10.7. The number of aryl methyl sites for hydroxylation is 1. The second-order valence-corrected chi connectivity index (χ2v) is 7.00. The van der Waals surface area contributed by atoms with Crippen LogP contribution in [0.1, 0.15) is 27.0 Å². The molecule has 1 aliphatic heterocycles. The lowest BCUT2D eigenvalue weighted by molar-refractivity contribution is -0.137. The van der Waals surface area contributed by atoms with Crippen molar-refractivity contribution >= 4 is 17.7 Å². The maximum Gasteiger partial charge on any atom is 0.261 e. The van der Waals surface area contributed by atoms with Crippen molar-refractivity contribution in [3.05, 3.63) is 58.7 Å². The number of nitrogens with zero attached hydrogens (tertiary/aromatic N) is 2. The molecule has 3 amide bonds. The van der Waals surface area contributed by atoms with Crippen molar-refractivity contribution in [2.24, 2.45) is 0 Å². The maximum atomic E-state index is 12.7. The fraction of sp³-hybridized carbons (Fsp3) is 0.318. The number of amides is 3. The lowest BCUT2D eigenvalue weighted by Crippen LogP contribution is -2.47. The van der Waals surface area contributed by atoms with E-state index in [0.717, 1.165) is 16.0 Å². The molecule has 0 spiro atoms. The van der Waals surface area contributed by atoms with Crippen LogP contribution in [0, 0.1) is 6.92 Å². The van der Waals surface area contributed by atoms with Gasteiger partial charge in [0.25, 0.3) is 5.91 Å². The van der Waals surface area contributed by atoms with Crippen molar-refractivity contribution in [3.8, 4) is 11.5 Å². The number of hydrogen-bond acceptors (Lipinski definition) is 5. The Bertz CT molecular complexity index is 970. The normalized spacial score (nSPS) is 13.2. The van der Waals surface area contributed by atoms with E-state index in [1.54, 1.807) is 45.5 Å². The molecular formula is C22H24N2O5. The predicted octanol–water partition coefficient (Wildman–Crippen LogP) is 2.20. The molecule has 2 aromatic carbocycles. The standard InChI is InChI=1S/C22H24N2O5/c1-14-9-18(28-3)19(29-4)10-16(14)12-23(2)21(26)13-24-20(25)11-15-7-5-6-8-17(15)22(24)27/h5-10H,11-13H2,1-4H3. The van der Waals surface area contributed by atoms with Crippen LogP contribution < -0.4 is 9.47 Å². The highest BCUT2D eigenvalue weighted by atomic mass is 16.5. The van der Waals surface area contributed by atoms with Crippen LogP contribution in [0.2, 0.25) is 0 Å². The Morgan fingerprint density at radius 1 is 1.10 bits per heavy atom. The molecule has 0 saturated carbocycles. The highest BCUT2D eigenvalue weighted by Gasteiger charge is 2.32. The minimum Gasteiger partial charge on any atom is -0.493 e.